The minimum atomic E-state index is -0.520. The van der Waals surface area contributed by atoms with Crippen LogP contribution in [0.4, 0.5) is 0 Å². The second-order valence-corrected chi connectivity index (χ2v) is 16.7. The summed E-state index contributed by atoms with van der Waals surface area (Å²) in [7, 11) is 0. The van der Waals surface area contributed by atoms with Crippen molar-refractivity contribution in [3.63, 3.8) is 0 Å². The van der Waals surface area contributed by atoms with Gasteiger partial charge in [-0.25, -0.2) is 0 Å². The molecule has 1 atom stereocenters. The SMILES string of the molecule is CCCCCCCCCCCCCCCCCCCCCC(=O)OCC(COCCCCCCCCCCCCCCCC)OC(=O)CCCCCCC. The van der Waals surface area contributed by atoms with Gasteiger partial charge in [0.1, 0.15) is 6.61 Å². The Labute approximate surface area is 338 Å². The van der Waals surface area contributed by atoms with Crippen LogP contribution in [0.25, 0.3) is 0 Å². The van der Waals surface area contributed by atoms with Crippen molar-refractivity contribution in [1.82, 2.24) is 0 Å². The predicted molar refractivity (Wildman–Crippen MR) is 233 cm³/mol. The van der Waals surface area contributed by atoms with Gasteiger partial charge < -0.3 is 14.2 Å². The van der Waals surface area contributed by atoms with E-state index in [-0.39, 0.29) is 18.5 Å². The average molecular weight is 765 g/mol. The smallest absolute Gasteiger partial charge is 0.306 e. The van der Waals surface area contributed by atoms with Gasteiger partial charge in [-0.3, -0.25) is 9.59 Å². The fraction of sp³-hybridized carbons (Fsp3) is 0.959. The van der Waals surface area contributed by atoms with Gasteiger partial charge in [-0.2, -0.15) is 0 Å². The van der Waals surface area contributed by atoms with Crippen LogP contribution < -0.4 is 0 Å². The number of rotatable bonds is 46. The Balaban J connectivity index is 3.94. The van der Waals surface area contributed by atoms with E-state index in [1.807, 2.05) is 0 Å². The van der Waals surface area contributed by atoms with E-state index >= 15 is 0 Å². The van der Waals surface area contributed by atoms with E-state index < -0.39 is 6.10 Å². The van der Waals surface area contributed by atoms with Gasteiger partial charge in [-0.05, 0) is 19.3 Å². The first-order valence-electron chi connectivity index (χ1n) is 24.6. The molecule has 1 unspecified atom stereocenters. The molecule has 0 fully saturated rings. The van der Waals surface area contributed by atoms with E-state index in [9.17, 15) is 9.59 Å². The zero-order chi connectivity index (χ0) is 39.3. The molecule has 0 rings (SSSR count). The molecular formula is C49H96O5. The zero-order valence-corrected chi connectivity index (χ0v) is 37.0. The minimum Gasteiger partial charge on any atom is -0.462 e. The Hall–Kier alpha value is -1.10. The first kappa shape index (κ1) is 52.9. The molecule has 0 aliphatic heterocycles. The van der Waals surface area contributed by atoms with Crippen molar-refractivity contribution in [2.75, 3.05) is 19.8 Å². The quantitative estimate of drug-likeness (QED) is 0.0456. The second kappa shape index (κ2) is 46.3. The van der Waals surface area contributed by atoms with E-state index in [2.05, 4.69) is 20.8 Å². The summed E-state index contributed by atoms with van der Waals surface area (Å²) < 4.78 is 17.2. The molecule has 0 spiro atoms. The highest BCUT2D eigenvalue weighted by atomic mass is 16.6. The number of esters is 2. The number of carbonyl (C=O) groups excluding carboxylic acids is 2. The summed E-state index contributed by atoms with van der Waals surface area (Å²) >= 11 is 0. The highest BCUT2D eigenvalue weighted by molar-refractivity contribution is 5.70. The van der Waals surface area contributed by atoms with Crippen LogP contribution >= 0.6 is 0 Å². The topological polar surface area (TPSA) is 61.8 Å². The number of hydrogen-bond acceptors (Lipinski definition) is 5. The van der Waals surface area contributed by atoms with Gasteiger partial charge in [0.25, 0.3) is 0 Å². The van der Waals surface area contributed by atoms with E-state index in [0.717, 1.165) is 38.5 Å². The van der Waals surface area contributed by atoms with Crippen LogP contribution in [0.2, 0.25) is 0 Å². The van der Waals surface area contributed by atoms with E-state index in [1.165, 1.54) is 205 Å². The Morgan fingerprint density at radius 2 is 0.611 bits per heavy atom. The standard InChI is InChI=1S/C49H96O5/c1-4-7-10-13-15-17-19-21-23-24-25-26-27-28-30-32-34-37-39-42-48(50)53-46-47(54-49(51)43-40-36-12-9-6-3)45-52-44-41-38-35-33-31-29-22-20-18-16-14-11-8-5-2/h47H,4-46H2,1-3H3. The first-order valence-corrected chi connectivity index (χ1v) is 24.6. The van der Waals surface area contributed by atoms with Gasteiger partial charge in [0.15, 0.2) is 6.10 Å². The van der Waals surface area contributed by atoms with Crippen molar-refractivity contribution in [2.24, 2.45) is 0 Å². The van der Waals surface area contributed by atoms with Crippen molar-refractivity contribution in [3.05, 3.63) is 0 Å². The van der Waals surface area contributed by atoms with Gasteiger partial charge in [0.2, 0.25) is 0 Å². The first-order chi connectivity index (χ1) is 26.6. The molecule has 0 heterocycles. The van der Waals surface area contributed by atoms with Gasteiger partial charge in [0, 0.05) is 19.4 Å². The second-order valence-electron chi connectivity index (χ2n) is 16.7. The van der Waals surface area contributed by atoms with Crippen LogP contribution in [0.5, 0.6) is 0 Å². The largest absolute Gasteiger partial charge is 0.462 e. The number of unbranched alkanes of at least 4 members (excludes halogenated alkanes) is 35. The highest BCUT2D eigenvalue weighted by Gasteiger charge is 2.17. The van der Waals surface area contributed by atoms with Crippen molar-refractivity contribution >= 4 is 11.9 Å². The Morgan fingerprint density at radius 3 is 0.944 bits per heavy atom. The molecular weight excluding hydrogens is 669 g/mol. The molecule has 0 saturated carbocycles. The average Bonchev–Trinajstić information content (AvgIpc) is 3.17. The Bertz CT molecular complexity index is 740. The Morgan fingerprint density at radius 1 is 0.333 bits per heavy atom. The summed E-state index contributed by atoms with van der Waals surface area (Å²) in [6.07, 6.45) is 49.9. The van der Waals surface area contributed by atoms with Gasteiger partial charge >= 0.3 is 11.9 Å². The molecule has 0 aliphatic carbocycles. The number of ether oxygens (including phenoxy) is 3. The molecule has 5 nitrogen and oxygen atoms in total. The van der Waals surface area contributed by atoms with E-state index in [0.29, 0.717) is 26.1 Å². The molecule has 0 N–H and O–H groups in total. The van der Waals surface area contributed by atoms with Crippen LogP contribution in [0.15, 0.2) is 0 Å². The normalized spacial score (nSPS) is 12.0. The molecule has 0 bridgehead atoms. The molecule has 0 aromatic heterocycles. The van der Waals surface area contributed by atoms with Crippen molar-refractivity contribution in [3.8, 4) is 0 Å². The maximum absolute atomic E-state index is 12.5. The van der Waals surface area contributed by atoms with E-state index in [1.54, 1.807) is 0 Å². The molecule has 0 aromatic carbocycles. The van der Waals surface area contributed by atoms with Gasteiger partial charge in [0.05, 0.1) is 6.61 Å². The predicted octanol–water partition coefficient (Wildman–Crippen LogP) is 16.1. The molecule has 5 heteroatoms. The van der Waals surface area contributed by atoms with Crippen molar-refractivity contribution < 1.29 is 23.8 Å². The summed E-state index contributed by atoms with van der Waals surface area (Å²) in [5, 5.41) is 0. The van der Waals surface area contributed by atoms with Crippen LogP contribution in [-0.4, -0.2) is 37.9 Å². The van der Waals surface area contributed by atoms with Crippen LogP contribution in [-0.2, 0) is 23.8 Å². The van der Waals surface area contributed by atoms with Crippen LogP contribution in [0.1, 0.15) is 278 Å². The van der Waals surface area contributed by atoms with Gasteiger partial charge in [-0.1, -0.05) is 245 Å². The third-order valence-corrected chi connectivity index (χ3v) is 11.1. The third-order valence-electron chi connectivity index (χ3n) is 11.1. The lowest BCUT2D eigenvalue weighted by atomic mass is 10.0. The highest BCUT2D eigenvalue weighted by Crippen LogP contribution is 2.16. The van der Waals surface area contributed by atoms with Gasteiger partial charge in [-0.15, -0.1) is 0 Å². The lowest BCUT2D eigenvalue weighted by Crippen LogP contribution is -2.30. The fourth-order valence-electron chi connectivity index (χ4n) is 7.45. The maximum atomic E-state index is 12.5. The van der Waals surface area contributed by atoms with E-state index in [4.69, 9.17) is 14.2 Å². The van der Waals surface area contributed by atoms with Crippen LogP contribution in [0.3, 0.4) is 0 Å². The zero-order valence-electron chi connectivity index (χ0n) is 37.0. The summed E-state index contributed by atoms with van der Waals surface area (Å²) in [6, 6.07) is 0. The molecule has 0 saturated heterocycles. The third kappa shape index (κ3) is 43.6. The summed E-state index contributed by atoms with van der Waals surface area (Å²) in [5.74, 6) is -0.388. The summed E-state index contributed by atoms with van der Waals surface area (Å²) in [6.45, 7) is 7.82. The summed E-state index contributed by atoms with van der Waals surface area (Å²) in [5.41, 5.74) is 0. The molecule has 322 valence electrons. The fourth-order valence-corrected chi connectivity index (χ4v) is 7.45. The minimum absolute atomic E-state index is 0.0955. The monoisotopic (exact) mass is 765 g/mol. The lowest BCUT2D eigenvalue weighted by molar-refractivity contribution is -0.163. The molecule has 0 aromatic rings. The molecule has 0 amide bonds. The number of carbonyl (C=O) groups is 2. The van der Waals surface area contributed by atoms with Crippen LogP contribution in [0, 0.1) is 0 Å². The molecule has 0 aliphatic rings. The molecule has 0 radical (unpaired) electrons. The van der Waals surface area contributed by atoms with Crippen molar-refractivity contribution in [1.29, 1.82) is 0 Å². The molecule has 54 heavy (non-hydrogen) atoms. The van der Waals surface area contributed by atoms with Crippen molar-refractivity contribution in [2.45, 2.75) is 284 Å². The summed E-state index contributed by atoms with van der Waals surface area (Å²) in [4.78, 5) is 25.1. The Kier molecular flexibility index (Phi) is 45.3. The maximum Gasteiger partial charge on any atom is 0.306 e. The lowest BCUT2D eigenvalue weighted by Gasteiger charge is -2.18. The number of hydrogen-bond donors (Lipinski definition) is 0.